The zero-order valence-corrected chi connectivity index (χ0v) is 35.4. The van der Waals surface area contributed by atoms with E-state index in [1.807, 2.05) is 55.1 Å². The van der Waals surface area contributed by atoms with Gasteiger partial charge in [0, 0.05) is 60.8 Å². The van der Waals surface area contributed by atoms with Gasteiger partial charge in [-0.2, -0.15) is 0 Å². The lowest BCUT2D eigenvalue weighted by Crippen LogP contribution is -2.58. The fourth-order valence-electron chi connectivity index (χ4n) is 8.95. The van der Waals surface area contributed by atoms with Gasteiger partial charge >= 0.3 is 6.03 Å². The number of benzene rings is 3. The molecule has 1 unspecified atom stereocenters. The maximum atomic E-state index is 13.5. The number of ether oxygens (including phenoxy) is 1. The highest BCUT2D eigenvalue weighted by Gasteiger charge is 2.33. The molecule has 4 aliphatic rings. The molecular formula is C47H57N9O5. The number of aromatic nitrogens is 2. The number of likely N-dealkylation sites (tertiary alicyclic amines) is 3. The summed E-state index contributed by atoms with van der Waals surface area (Å²) < 4.78 is 5.77. The fraction of sp³-hybridized carbons (Fsp3) is 0.447. The van der Waals surface area contributed by atoms with Crippen molar-refractivity contribution in [1.29, 1.82) is 0 Å². The van der Waals surface area contributed by atoms with Gasteiger partial charge in [0.05, 0.1) is 31.0 Å². The van der Waals surface area contributed by atoms with Crippen LogP contribution in [0.4, 0.5) is 22.1 Å². The van der Waals surface area contributed by atoms with Gasteiger partial charge in [0.2, 0.25) is 17.8 Å². The number of aryl methyl sites for hydroxylation is 1. The molecule has 4 aliphatic heterocycles. The van der Waals surface area contributed by atoms with E-state index in [1.165, 1.54) is 5.56 Å². The monoisotopic (exact) mass is 827 g/mol. The number of hydrogen-bond donors (Lipinski definition) is 4. The highest BCUT2D eigenvalue weighted by atomic mass is 16.5. The number of carbonyl (C=O) groups is 4. The van der Waals surface area contributed by atoms with E-state index < -0.39 is 6.04 Å². The second-order valence-corrected chi connectivity index (χ2v) is 17.1. The Morgan fingerprint density at radius 1 is 0.869 bits per heavy atom. The number of imide groups is 1. The molecule has 1 atom stereocenters. The number of amides is 5. The standard InChI is InChI=1S/C47H57N9O5/c1-30(2)61-40-28-56(29-40)47(60)49-27-36-8-7-34(25-31(36)3)41-15-20-48-46(52-41)51-37-11-9-32(10-12-37)33-16-21-54(22-17-33)39-18-23-55(24-19-39)45(59)35-5-4-6-38(26-35)50-42-13-14-43(57)53-44(42)58/h4-12,15,20,25-26,30,33,39-40,42,50H,13-14,16-19,21-24,27-29H2,1-3H3,(H,49,60)(H,48,51,52)(H,53,57,58). The maximum Gasteiger partial charge on any atom is 0.317 e. The van der Waals surface area contributed by atoms with Crippen LogP contribution < -0.4 is 21.3 Å². The molecule has 8 rings (SSSR count). The second-order valence-electron chi connectivity index (χ2n) is 17.1. The SMILES string of the molecule is Cc1cc(-c2ccnc(Nc3ccc(C4CCN(C5CCN(C(=O)c6cccc(NC7CCC(=O)NC7=O)c6)CC5)CC4)cc3)n2)ccc1CNC(=O)N1CC(OC(C)C)C1. The van der Waals surface area contributed by atoms with E-state index in [-0.39, 0.29) is 36.0 Å². The van der Waals surface area contributed by atoms with Crippen LogP contribution in [0.2, 0.25) is 0 Å². The summed E-state index contributed by atoms with van der Waals surface area (Å²) >= 11 is 0. The van der Waals surface area contributed by atoms with E-state index in [0.717, 1.165) is 79.9 Å². The molecule has 5 amide bonds. The number of rotatable bonds is 12. The van der Waals surface area contributed by atoms with Crippen molar-refractivity contribution in [3.8, 4) is 11.3 Å². The molecule has 5 heterocycles. The third-order valence-electron chi connectivity index (χ3n) is 12.4. The number of hydrogen-bond acceptors (Lipinski definition) is 10. The zero-order chi connectivity index (χ0) is 42.5. The molecule has 14 heteroatoms. The molecule has 0 spiro atoms. The molecule has 3 aromatic carbocycles. The largest absolute Gasteiger partial charge is 0.374 e. The lowest BCUT2D eigenvalue weighted by atomic mass is 9.88. The molecule has 4 aromatic rings. The van der Waals surface area contributed by atoms with Crippen molar-refractivity contribution in [1.82, 2.24) is 35.3 Å². The minimum Gasteiger partial charge on any atom is -0.374 e. The summed E-state index contributed by atoms with van der Waals surface area (Å²) in [5, 5.41) is 12.0. The highest BCUT2D eigenvalue weighted by molar-refractivity contribution is 6.01. The molecule has 4 saturated heterocycles. The predicted molar refractivity (Wildman–Crippen MR) is 234 cm³/mol. The summed E-state index contributed by atoms with van der Waals surface area (Å²) in [6.45, 7) is 11.3. The number of urea groups is 1. The van der Waals surface area contributed by atoms with Gasteiger partial charge in [-0.25, -0.2) is 14.8 Å². The van der Waals surface area contributed by atoms with E-state index in [1.54, 1.807) is 17.2 Å². The Morgan fingerprint density at radius 2 is 1.64 bits per heavy atom. The van der Waals surface area contributed by atoms with Gasteiger partial charge in [-0.15, -0.1) is 0 Å². The van der Waals surface area contributed by atoms with Crippen LogP contribution in [0.25, 0.3) is 11.3 Å². The van der Waals surface area contributed by atoms with Gasteiger partial charge in [0.15, 0.2) is 0 Å². The first kappa shape index (κ1) is 41.9. The summed E-state index contributed by atoms with van der Waals surface area (Å²) in [7, 11) is 0. The lowest BCUT2D eigenvalue weighted by Gasteiger charge is -2.42. The van der Waals surface area contributed by atoms with Crippen LogP contribution in [-0.4, -0.2) is 112 Å². The fourth-order valence-corrected chi connectivity index (χ4v) is 8.95. The molecule has 0 aliphatic carbocycles. The van der Waals surface area contributed by atoms with Gasteiger partial charge < -0.3 is 35.4 Å². The van der Waals surface area contributed by atoms with Crippen molar-refractivity contribution in [3.05, 3.63) is 101 Å². The molecule has 4 fully saturated rings. The Kier molecular flexibility index (Phi) is 12.9. The van der Waals surface area contributed by atoms with E-state index in [2.05, 4.69) is 68.4 Å². The van der Waals surface area contributed by atoms with Crippen LogP contribution >= 0.6 is 0 Å². The minimum atomic E-state index is -0.491. The average Bonchev–Trinajstić information content (AvgIpc) is 3.25. The molecule has 1 aromatic heterocycles. The van der Waals surface area contributed by atoms with Crippen LogP contribution in [0.5, 0.6) is 0 Å². The van der Waals surface area contributed by atoms with Gasteiger partial charge in [-0.3, -0.25) is 19.7 Å². The summed E-state index contributed by atoms with van der Waals surface area (Å²) in [4.78, 5) is 65.5. The average molecular weight is 828 g/mol. The highest BCUT2D eigenvalue weighted by Crippen LogP contribution is 2.32. The Morgan fingerprint density at radius 3 is 2.36 bits per heavy atom. The normalized spacial score (nSPS) is 19.4. The summed E-state index contributed by atoms with van der Waals surface area (Å²) in [6.07, 6.45) is 6.89. The smallest absolute Gasteiger partial charge is 0.317 e. The Balaban J connectivity index is 0.772. The van der Waals surface area contributed by atoms with E-state index in [0.29, 0.717) is 61.6 Å². The van der Waals surface area contributed by atoms with E-state index in [4.69, 9.17) is 9.72 Å². The van der Waals surface area contributed by atoms with Gasteiger partial charge in [0.1, 0.15) is 6.04 Å². The molecule has 0 bridgehead atoms. The number of nitrogens with zero attached hydrogens (tertiary/aromatic N) is 5. The number of nitrogens with one attached hydrogen (secondary N) is 4. The van der Waals surface area contributed by atoms with Crippen molar-refractivity contribution >= 4 is 41.1 Å². The minimum absolute atomic E-state index is 0.00962. The van der Waals surface area contributed by atoms with Crippen molar-refractivity contribution in [2.24, 2.45) is 0 Å². The predicted octanol–water partition coefficient (Wildman–Crippen LogP) is 6.22. The molecule has 4 N–H and O–H groups in total. The van der Waals surface area contributed by atoms with Crippen LogP contribution in [0, 0.1) is 6.92 Å². The summed E-state index contributed by atoms with van der Waals surface area (Å²) in [5.74, 6) is 0.461. The van der Waals surface area contributed by atoms with Crippen molar-refractivity contribution in [3.63, 3.8) is 0 Å². The Bertz CT molecular complexity index is 2210. The quantitative estimate of drug-likeness (QED) is 0.121. The summed E-state index contributed by atoms with van der Waals surface area (Å²) in [5.41, 5.74) is 7.52. The van der Waals surface area contributed by atoms with E-state index >= 15 is 0 Å². The third kappa shape index (κ3) is 10.4. The molecular weight excluding hydrogens is 771 g/mol. The Labute approximate surface area is 357 Å². The molecule has 320 valence electrons. The lowest BCUT2D eigenvalue weighted by molar-refractivity contribution is -0.133. The van der Waals surface area contributed by atoms with Crippen LogP contribution in [0.3, 0.4) is 0 Å². The van der Waals surface area contributed by atoms with Crippen molar-refractivity contribution < 1.29 is 23.9 Å². The molecule has 14 nitrogen and oxygen atoms in total. The molecule has 0 radical (unpaired) electrons. The molecule has 61 heavy (non-hydrogen) atoms. The van der Waals surface area contributed by atoms with Gasteiger partial charge in [0.25, 0.3) is 5.91 Å². The molecule has 0 saturated carbocycles. The number of anilines is 3. The van der Waals surface area contributed by atoms with Gasteiger partial charge in [-0.05, 0) is 131 Å². The Hall–Kier alpha value is -5.86. The van der Waals surface area contributed by atoms with Crippen molar-refractivity contribution in [2.45, 2.75) is 96.1 Å². The number of carbonyl (C=O) groups excluding carboxylic acids is 4. The first-order valence-electron chi connectivity index (χ1n) is 21.8. The van der Waals surface area contributed by atoms with E-state index in [9.17, 15) is 19.2 Å². The first-order chi connectivity index (χ1) is 29.5. The van der Waals surface area contributed by atoms with Crippen LogP contribution in [0.15, 0.2) is 79.0 Å². The third-order valence-corrected chi connectivity index (χ3v) is 12.4. The first-order valence-corrected chi connectivity index (χ1v) is 21.8. The van der Waals surface area contributed by atoms with Crippen molar-refractivity contribution in [2.75, 3.05) is 49.9 Å². The number of piperidine rings is 3. The maximum absolute atomic E-state index is 13.5. The second kappa shape index (κ2) is 18.8. The summed E-state index contributed by atoms with van der Waals surface area (Å²) in [6, 6.07) is 24.0. The topological polar surface area (TPSA) is 161 Å². The van der Waals surface area contributed by atoms with Gasteiger partial charge in [-0.1, -0.05) is 30.3 Å². The van der Waals surface area contributed by atoms with Crippen LogP contribution in [0.1, 0.15) is 85.3 Å². The zero-order valence-electron chi connectivity index (χ0n) is 35.4. The van der Waals surface area contributed by atoms with Crippen LogP contribution in [-0.2, 0) is 20.9 Å².